The number of nitrogens with one attached hydrogen (secondary N) is 1. The number of hydrogen-bond acceptors (Lipinski definition) is 3. The molecule has 2 rings (SSSR count). The van der Waals surface area contributed by atoms with Crippen LogP contribution in [0, 0.1) is 0 Å². The Morgan fingerprint density at radius 2 is 1.95 bits per heavy atom. The molecule has 4 nitrogen and oxygen atoms in total. The summed E-state index contributed by atoms with van der Waals surface area (Å²) in [5, 5.41) is 2.77. The summed E-state index contributed by atoms with van der Waals surface area (Å²) in [6.45, 7) is 0. The number of methoxy groups -OCH3 is 1. The van der Waals surface area contributed by atoms with Gasteiger partial charge in [-0.2, -0.15) is 0 Å². The third kappa shape index (κ3) is 3.32. The number of amides is 1. The Morgan fingerprint density at radius 1 is 1.20 bits per heavy atom. The second-order valence-electron chi connectivity index (χ2n) is 4.04. The van der Waals surface area contributed by atoms with Gasteiger partial charge in [0.1, 0.15) is 5.75 Å². The third-order valence-electron chi connectivity index (χ3n) is 2.68. The first kappa shape index (κ1) is 14.9. The second kappa shape index (κ2) is 6.28. The van der Waals surface area contributed by atoms with Gasteiger partial charge >= 0.3 is 0 Å². The predicted octanol–water partition coefficient (Wildman–Crippen LogP) is 4.05. The van der Waals surface area contributed by atoms with E-state index in [1.54, 1.807) is 37.4 Å². The lowest BCUT2D eigenvalue weighted by Gasteiger charge is -2.10. The van der Waals surface area contributed by atoms with Crippen molar-refractivity contribution in [1.29, 1.82) is 0 Å². The molecule has 0 fully saturated rings. The normalized spacial score (nSPS) is 10.2. The summed E-state index contributed by atoms with van der Waals surface area (Å²) >= 11 is 6.67. The lowest BCUT2D eigenvalue weighted by atomic mass is 10.2. The van der Waals surface area contributed by atoms with Gasteiger partial charge in [-0.05, 0) is 52.3 Å². The van der Waals surface area contributed by atoms with Crippen molar-refractivity contribution in [2.24, 2.45) is 0 Å². The Kier molecular flexibility index (Phi) is 4.67. The standard InChI is InChI=1S/C14H12Br2N2O2/c1-20-13-5-2-8(6-10(13)16)14(19)18-12-4-3-9(15)7-11(12)17/h2-7H,17H2,1H3,(H,18,19). The summed E-state index contributed by atoms with van der Waals surface area (Å²) in [5.41, 5.74) is 7.44. The number of nitrogen functional groups attached to an aromatic ring is 1. The summed E-state index contributed by atoms with van der Waals surface area (Å²) in [6, 6.07) is 10.4. The number of rotatable bonds is 3. The van der Waals surface area contributed by atoms with Gasteiger partial charge in [0.25, 0.3) is 5.91 Å². The van der Waals surface area contributed by atoms with Gasteiger partial charge in [-0.3, -0.25) is 4.79 Å². The van der Waals surface area contributed by atoms with Crippen LogP contribution in [0.5, 0.6) is 5.75 Å². The SMILES string of the molecule is COc1ccc(C(=O)Nc2ccc(Br)cc2N)cc1Br. The number of hydrogen-bond donors (Lipinski definition) is 2. The van der Waals surface area contributed by atoms with Gasteiger partial charge in [0.15, 0.2) is 0 Å². The Morgan fingerprint density at radius 3 is 2.55 bits per heavy atom. The maximum Gasteiger partial charge on any atom is 0.255 e. The summed E-state index contributed by atoms with van der Waals surface area (Å²) < 4.78 is 6.71. The molecule has 0 spiro atoms. The molecule has 0 unspecified atom stereocenters. The third-order valence-corrected chi connectivity index (χ3v) is 3.79. The highest BCUT2D eigenvalue weighted by Gasteiger charge is 2.10. The lowest BCUT2D eigenvalue weighted by molar-refractivity contribution is 0.102. The van der Waals surface area contributed by atoms with E-state index in [4.69, 9.17) is 10.5 Å². The van der Waals surface area contributed by atoms with Crippen molar-refractivity contribution >= 4 is 49.1 Å². The summed E-state index contributed by atoms with van der Waals surface area (Å²) in [7, 11) is 1.57. The van der Waals surface area contributed by atoms with E-state index >= 15 is 0 Å². The van der Waals surface area contributed by atoms with Crippen LogP contribution in [-0.2, 0) is 0 Å². The minimum atomic E-state index is -0.234. The smallest absolute Gasteiger partial charge is 0.255 e. The number of carbonyl (C=O) groups is 1. The van der Waals surface area contributed by atoms with E-state index in [1.165, 1.54) is 0 Å². The molecule has 6 heteroatoms. The fraction of sp³-hybridized carbons (Fsp3) is 0.0714. The molecule has 0 radical (unpaired) electrons. The fourth-order valence-corrected chi connectivity index (χ4v) is 2.57. The molecule has 3 N–H and O–H groups in total. The number of halogens is 2. The Bertz CT molecular complexity index is 660. The first-order valence-electron chi connectivity index (χ1n) is 5.71. The zero-order valence-corrected chi connectivity index (χ0v) is 13.8. The molecular formula is C14H12Br2N2O2. The van der Waals surface area contributed by atoms with E-state index in [0.717, 1.165) is 8.95 Å². The lowest BCUT2D eigenvalue weighted by Crippen LogP contribution is -2.13. The molecule has 1 amide bonds. The number of ether oxygens (including phenoxy) is 1. The average Bonchev–Trinajstić information content (AvgIpc) is 2.41. The number of benzene rings is 2. The monoisotopic (exact) mass is 398 g/mol. The highest BCUT2D eigenvalue weighted by atomic mass is 79.9. The van der Waals surface area contributed by atoms with E-state index in [2.05, 4.69) is 37.2 Å². The molecule has 2 aromatic carbocycles. The summed E-state index contributed by atoms with van der Waals surface area (Å²) in [6.07, 6.45) is 0. The molecule has 0 saturated heterocycles. The van der Waals surface area contributed by atoms with E-state index in [1.807, 2.05) is 6.07 Å². The minimum Gasteiger partial charge on any atom is -0.496 e. The van der Waals surface area contributed by atoms with Gasteiger partial charge in [-0.15, -0.1) is 0 Å². The molecule has 0 aromatic heterocycles. The van der Waals surface area contributed by atoms with Crippen LogP contribution in [0.2, 0.25) is 0 Å². The molecular weight excluding hydrogens is 388 g/mol. The molecule has 0 aliphatic heterocycles. The van der Waals surface area contributed by atoms with Crippen LogP contribution in [0.1, 0.15) is 10.4 Å². The van der Waals surface area contributed by atoms with Gasteiger partial charge in [0.2, 0.25) is 0 Å². The first-order chi connectivity index (χ1) is 9.51. The van der Waals surface area contributed by atoms with Crippen LogP contribution < -0.4 is 15.8 Å². The average molecular weight is 400 g/mol. The zero-order valence-electron chi connectivity index (χ0n) is 10.6. The van der Waals surface area contributed by atoms with Crippen molar-refractivity contribution < 1.29 is 9.53 Å². The van der Waals surface area contributed by atoms with Gasteiger partial charge in [0.05, 0.1) is 23.0 Å². The molecule has 20 heavy (non-hydrogen) atoms. The molecule has 0 bridgehead atoms. The first-order valence-corrected chi connectivity index (χ1v) is 7.30. The van der Waals surface area contributed by atoms with Crippen LogP contribution >= 0.6 is 31.9 Å². The molecule has 0 aliphatic carbocycles. The van der Waals surface area contributed by atoms with Crippen molar-refractivity contribution in [2.45, 2.75) is 0 Å². The van der Waals surface area contributed by atoms with Gasteiger partial charge in [-0.25, -0.2) is 0 Å². The molecule has 2 aromatic rings. The summed E-state index contributed by atoms with van der Waals surface area (Å²) in [4.78, 5) is 12.2. The highest BCUT2D eigenvalue weighted by molar-refractivity contribution is 9.10. The minimum absolute atomic E-state index is 0.234. The van der Waals surface area contributed by atoms with E-state index < -0.39 is 0 Å². The molecule has 0 heterocycles. The largest absolute Gasteiger partial charge is 0.496 e. The summed E-state index contributed by atoms with van der Waals surface area (Å²) in [5.74, 6) is 0.437. The second-order valence-corrected chi connectivity index (χ2v) is 5.81. The molecule has 0 aliphatic rings. The molecule has 0 atom stereocenters. The van der Waals surface area contributed by atoms with Crippen LogP contribution in [-0.4, -0.2) is 13.0 Å². The molecule has 0 saturated carbocycles. The Balaban J connectivity index is 2.21. The Labute approximate surface area is 133 Å². The van der Waals surface area contributed by atoms with E-state index in [9.17, 15) is 4.79 Å². The van der Waals surface area contributed by atoms with E-state index in [-0.39, 0.29) is 5.91 Å². The van der Waals surface area contributed by atoms with Crippen LogP contribution in [0.4, 0.5) is 11.4 Å². The van der Waals surface area contributed by atoms with Gasteiger partial charge in [0, 0.05) is 10.0 Å². The van der Waals surface area contributed by atoms with Crippen LogP contribution in [0.3, 0.4) is 0 Å². The Hall–Kier alpha value is -1.53. The van der Waals surface area contributed by atoms with Crippen molar-refractivity contribution in [2.75, 3.05) is 18.2 Å². The van der Waals surface area contributed by atoms with E-state index in [0.29, 0.717) is 22.7 Å². The van der Waals surface area contributed by atoms with Gasteiger partial charge in [-0.1, -0.05) is 15.9 Å². The highest BCUT2D eigenvalue weighted by Crippen LogP contribution is 2.27. The van der Waals surface area contributed by atoms with Crippen molar-refractivity contribution in [1.82, 2.24) is 0 Å². The van der Waals surface area contributed by atoms with Crippen LogP contribution in [0.25, 0.3) is 0 Å². The quantitative estimate of drug-likeness (QED) is 0.765. The maximum absolute atomic E-state index is 12.2. The zero-order chi connectivity index (χ0) is 14.7. The van der Waals surface area contributed by atoms with Gasteiger partial charge < -0.3 is 15.8 Å². The fourth-order valence-electron chi connectivity index (χ4n) is 1.65. The number of anilines is 2. The number of carbonyl (C=O) groups excluding carboxylic acids is 1. The van der Waals surface area contributed by atoms with Crippen molar-refractivity contribution in [3.8, 4) is 5.75 Å². The topological polar surface area (TPSA) is 64.3 Å². The van der Waals surface area contributed by atoms with Crippen LogP contribution in [0.15, 0.2) is 45.3 Å². The maximum atomic E-state index is 12.2. The van der Waals surface area contributed by atoms with Crippen molar-refractivity contribution in [3.63, 3.8) is 0 Å². The molecule has 104 valence electrons. The number of nitrogens with two attached hydrogens (primary N) is 1. The van der Waals surface area contributed by atoms with Crippen molar-refractivity contribution in [3.05, 3.63) is 50.9 Å². The predicted molar refractivity (Wildman–Crippen MR) is 87.2 cm³/mol.